The van der Waals surface area contributed by atoms with Crippen LogP contribution in [0.1, 0.15) is 5.56 Å². The number of aryl methyl sites for hydroxylation is 1. The highest BCUT2D eigenvalue weighted by atomic mass is 16.3. The fraction of sp³-hybridized carbons (Fsp3) is 0.0213. The first kappa shape index (κ1) is 28.8. The number of furan rings is 1. The Bertz CT molecular complexity index is 2600. The summed E-state index contributed by atoms with van der Waals surface area (Å²) >= 11 is 0. The van der Waals surface area contributed by atoms with Gasteiger partial charge in [0.15, 0.2) is 0 Å². The molecule has 9 rings (SSSR count). The Morgan fingerprint density at radius 1 is 0.429 bits per heavy atom. The van der Waals surface area contributed by atoms with Crippen molar-refractivity contribution in [2.75, 3.05) is 4.90 Å². The molecule has 232 valence electrons. The first-order valence-electron chi connectivity index (χ1n) is 16.8. The van der Waals surface area contributed by atoms with E-state index < -0.39 is 0 Å². The monoisotopic (exact) mass is 627 g/mol. The molecule has 0 radical (unpaired) electrons. The Morgan fingerprint density at radius 3 is 1.82 bits per heavy atom. The van der Waals surface area contributed by atoms with Gasteiger partial charge in [-0.3, -0.25) is 0 Å². The second-order valence-electron chi connectivity index (χ2n) is 12.5. The number of fused-ring (bicyclic) bond motifs is 4. The molecule has 0 bridgehead atoms. The van der Waals surface area contributed by atoms with Crippen LogP contribution in [0, 0.1) is 6.92 Å². The lowest BCUT2D eigenvalue weighted by molar-refractivity contribution is 0.669. The molecule has 0 N–H and O–H groups in total. The molecule has 0 amide bonds. The summed E-state index contributed by atoms with van der Waals surface area (Å²) in [5.41, 5.74) is 13.2. The SMILES string of the molecule is Cc1cccc2oc3cc(N(c4cccc(-c5ccccc5)c4-c4ccccc4)c4ccc5ccccc5c4-c4ccccc4)ccc3c12. The van der Waals surface area contributed by atoms with Crippen molar-refractivity contribution in [3.8, 4) is 33.4 Å². The second-order valence-corrected chi connectivity index (χ2v) is 12.5. The summed E-state index contributed by atoms with van der Waals surface area (Å²) in [6.45, 7) is 2.15. The van der Waals surface area contributed by atoms with Gasteiger partial charge < -0.3 is 9.32 Å². The zero-order valence-corrected chi connectivity index (χ0v) is 27.2. The molecule has 0 saturated carbocycles. The van der Waals surface area contributed by atoms with Gasteiger partial charge in [-0.1, -0.05) is 146 Å². The third-order valence-electron chi connectivity index (χ3n) is 9.59. The summed E-state index contributed by atoms with van der Waals surface area (Å²) < 4.78 is 6.56. The van der Waals surface area contributed by atoms with Crippen LogP contribution in [0.2, 0.25) is 0 Å². The molecular weight excluding hydrogens is 595 g/mol. The quantitative estimate of drug-likeness (QED) is 0.182. The average molecular weight is 628 g/mol. The smallest absolute Gasteiger partial charge is 0.137 e. The van der Waals surface area contributed by atoms with E-state index in [-0.39, 0.29) is 0 Å². The lowest BCUT2D eigenvalue weighted by atomic mass is 9.91. The minimum atomic E-state index is 0.870. The summed E-state index contributed by atoms with van der Waals surface area (Å²) in [6, 6.07) is 65.1. The van der Waals surface area contributed by atoms with Crippen LogP contribution in [0.25, 0.3) is 66.1 Å². The number of hydrogen-bond donors (Lipinski definition) is 0. The zero-order chi connectivity index (χ0) is 32.7. The van der Waals surface area contributed by atoms with Gasteiger partial charge in [0.05, 0.1) is 11.4 Å². The summed E-state index contributed by atoms with van der Waals surface area (Å²) in [5, 5.41) is 4.70. The second kappa shape index (κ2) is 12.0. The van der Waals surface area contributed by atoms with Gasteiger partial charge in [0.1, 0.15) is 11.2 Å². The van der Waals surface area contributed by atoms with E-state index in [9.17, 15) is 0 Å². The van der Waals surface area contributed by atoms with E-state index in [0.29, 0.717) is 0 Å². The standard InChI is InChI=1S/C47H33NO/c1-32-15-13-26-43-45(32)40-29-28-37(31-44(40)49-43)48(42-30-27-34-18-11-12-23-38(34)47(42)36-21-9-4-10-22-36)41-25-14-24-39(33-16-5-2-6-17-33)46(41)35-19-7-3-8-20-35/h2-31H,1H3. The molecule has 1 heterocycles. The number of benzene rings is 8. The van der Waals surface area contributed by atoms with E-state index in [0.717, 1.165) is 39.2 Å². The molecule has 8 aromatic carbocycles. The summed E-state index contributed by atoms with van der Waals surface area (Å²) in [5.74, 6) is 0. The maximum absolute atomic E-state index is 6.56. The number of nitrogens with zero attached hydrogens (tertiary/aromatic N) is 1. The Labute approximate surface area is 286 Å². The van der Waals surface area contributed by atoms with Crippen LogP contribution >= 0.6 is 0 Å². The Kier molecular flexibility index (Phi) is 7.06. The van der Waals surface area contributed by atoms with Gasteiger partial charge in [0.2, 0.25) is 0 Å². The average Bonchev–Trinajstić information content (AvgIpc) is 3.55. The highest BCUT2D eigenvalue weighted by molar-refractivity contribution is 6.10. The summed E-state index contributed by atoms with van der Waals surface area (Å²) in [6.07, 6.45) is 0. The van der Waals surface area contributed by atoms with Gasteiger partial charge in [-0.05, 0) is 75.8 Å². The molecule has 0 aliphatic heterocycles. The third kappa shape index (κ3) is 4.97. The van der Waals surface area contributed by atoms with Gasteiger partial charge in [-0.15, -0.1) is 0 Å². The minimum Gasteiger partial charge on any atom is -0.456 e. The topological polar surface area (TPSA) is 16.4 Å². The van der Waals surface area contributed by atoms with Crippen molar-refractivity contribution >= 4 is 49.8 Å². The zero-order valence-electron chi connectivity index (χ0n) is 27.2. The van der Waals surface area contributed by atoms with E-state index in [2.05, 4.69) is 194 Å². The van der Waals surface area contributed by atoms with Crippen LogP contribution < -0.4 is 4.90 Å². The summed E-state index contributed by atoms with van der Waals surface area (Å²) in [7, 11) is 0. The molecule has 9 aromatic rings. The third-order valence-corrected chi connectivity index (χ3v) is 9.59. The highest BCUT2D eigenvalue weighted by Crippen LogP contribution is 2.50. The maximum atomic E-state index is 6.56. The van der Waals surface area contributed by atoms with Crippen LogP contribution in [0.5, 0.6) is 0 Å². The molecule has 0 fully saturated rings. The molecule has 0 unspecified atom stereocenters. The maximum Gasteiger partial charge on any atom is 0.137 e. The van der Waals surface area contributed by atoms with Crippen molar-refractivity contribution in [2.24, 2.45) is 0 Å². The molecular formula is C47H33NO. The molecule has 1 aromatic heterocycles. The van der Waals surface area contributed by atoms with Crippen molar-refractivity contribution < 1.29 is 4.42 Å². The van der Waals surface area contributed by atoms with E-state index in [4.69, 9.17) is 4.42 Å². The van der Waals surface area contributed by atoms with Crippen LogP contribution in [-0.4, -0.2) is 0 Å². The van der Waals surface area contributed by atoms with Crippen LogP contribution in [0.4, 0.5) is 17.1 Å². The van der Waals surface area contributed by atoms with Gasteiger partial charge in [-0.25, -0.2) is 0 Å². The molecule has 49 heavy (non-hydrogen) atoms. The molecule has 2 heteroatoms. The molecule has 0 spiro atoms. The van der Waals surface area contributed by atoms with Crippen molar-refractivity contribution in [3.63, 3.8) is 0 Å². The van der Waals surface area contributed by atoms with Crippen LogP contribution in [-0.2, 0) is 0 Å². The van der Waals surface area contributed by atoms with E-state index in [1.807, 2.05) is 0 Å². The minimum absolute atomic E-state index is 0.870. The van der Waals surface area contributed by atoms with Crippen molar-refractivity contribution in [1.29, 1.82) is 0 Å². The van der Waals surface area contributed by atoms with Crippen LogP contribution in [0.3, 0.4) is 0 Å². The molecule has 0 atom stereocenters. The predicted octanol–water partition coefficient (Wildman–Crippen LogP) is 13.5. The Balaban J connectivity index is 1.40. The largest absolute Gasteiger partial charge is 0.456 e. The number of hydrogen-bond acceptors (Lipinski definition) is 2. The van der Waals surface area contributed by atoms with Crippen molar-refractivity contribution in [1.82, 2.24) is 0 Å². The van der Waals surface area contributed by atoms with Gasteiger partial charge in [0, 0.05) is 33.7 Å². The Hall–Kier alpha value is -6.38. The van der Waals surface area contributed by atoms with Crippen molar-refractivity contribution in [3.05, 3.63) is 188 Å². The fourth-order valence-corrected chi connectivity index (χ4v) is 7.39. The van der Waals surface area contributed by atoms with E-state index in [1.54, 1.807) is 0 Å². The van der Waals surface area contributed by atoms with Crippen LogP contribution in [0.15, 0.2) is 186 Å². The van der Waals surface area contributed by atoms with E-state index in [1.165, 1.54) is 49.5 Å². The first-order valence-corrected chi connectivity index (χ1v) is 16.8. The van der Waals surface area contributed by atoms with Gasteiger partial charge in [0.25, 0.3) is 0 Å². The van der Waals surface area contributed by atoms with Crippen molar-refractivity contribution in [2.45, 2.75) is 6.92 Å². The van der Waals surface area contributed by atoms with Gasteiger partial charge >= 0.3 is 0 Å². The normalized spacial score (nSPS) is 11.4. The fourth-order valence-electron chi connectivity index (χ4n) is 7.39. The van der Waals surface area contributed by atoms with E-state index >= 15 is 0 Å². The number of rotatable bonds is 6. The first-order chi connectivity index (χ1) is 24.2. The lowest BCUT2D eigenvalue weighted by Gasteiger charge is -2.31. The predicted molar refractivity (Wildman–Crippen MR) is 207 cm³/mol. The number of anilines is 3. The molecule has 0 aliphatic rings. The van der Waals surface area contributed by atoms with Gasteiger partial charge in [-0.2, -0.15) is 0 Å². The molecule has 0 saturated heterocycles. The summed E-state index contributed by atoms with van der Waals surface area (Å²) in [4.78, 5) is 2.43. The lowest BCUT2D eigenvalue weighted by Crippen LogP contribution is -2.13. The molecule has 0 aliphatic carbocycles. The Morgan fingerprint density at radius 2 is 1.06 bits per heavy atom. The molecule has 2 nitrogen and oxygen atoms in total. The highest BCUT2D eigenvalue weighted by Gasteiger charge is 2.25.